The predicted octanol–water partition coefficient (Wildman–Crippen LogP) is 2.66. The monoisotopic (exact) mass is 270 g/mol. The second kappa shape index (κ2) is 7.74. The van der Waals surface area contributed by atoms with Crippen molar-refractivity contribution < 1.29 is 4.74 Å². The fraction of sp³-hybridized carbons (Fsp3) is 0.571. The summed E-state index contributed by atoms with van der Waals surface area (Å²) >= 11 is 6.22. The second-order valence-corrected chi connectivity index (χ2v) is 5.19. The maximum absolute atomic E-state index is 6.22. The first-order valence-electron chi connectivity index (χ1n) is 6.30. The van der Waals surface area contributed by atoms with Gasteiger partial charge < -0.3 is 10.5 Å². The van der Waals surface area contributed by atoms with Crippen LogP contribution in [0.5, 0.6) is 0 Å². The summed E-state index contributed by atoms with van der Waals surface area (Å²) in [5.74, 6) is 0. The third-order valence-corrected chi connectivity index (χ3v) is 3.07. The standard InChI is InChI=1S/C14H23ClN2O/c1-11(2)18-7-6-17(3)10-13-5-4-12(9-16)8-14(13)15/h4-5,8,11H,6-7,9-10,16H2,1-3H3. The molecule has 0 unspecified atom stereocenters. The van der Waals surface area contributed by atoms with Crippen molar-refractivity contribution >= 4 is 11.6 Å². The van der Waals surface area contributed by atoms with Gasteiger partial charge in [-0.2, -0.15) is 0 Å². The molecule has 1 rings (SSSR count). The smallest absolute Gasteiger partial charge is 0.0596 e. The highest BCUT2D eigenvalue weighted by atomic mass is 35.5. The van der Waals surface area contributed by atoms with Crippen LogP contribution in [0.3, 0.4) is 0 Å². The maximum Gasteiger partial charge on any atom is 0.0596 e. The first-order chi connectivity index (χ1) is 8.52. The van der Waals surface area contributed by atoms with Crippen LogP contribution in [0.15, 0.2) is 18.2 Å². The number of likely N-dealkylation sites (N-methyl/N-ethyl adjacent to an activating group) is 1. The molecule has 2 N–H and O–H groups in total. The van der Waals surface area contributed by atoms with Crippen molar-refractivity contribution in [2.24, 2.45) is 5.73 Å². The molecule has 0 aliphatic heterocycles. The van der Waals surface area contributed by atoms with Crippen LogP contribution in [-0.2, 0) is 17.8 Å². The third kappa shape index (κ3) is 5.36. The molecule has 0 fully saturated rings. The minimum Gasteiger partial charge on any atom is -0.377 e. The Morgan fingerprint density at radius 3 is 2.67 bits per heavy atom. The highest BCUT2D eigenvalue weighted by molar-refractivity contribution is 6.31. The van der Waals surface area contributed by atoms with Crippen molar-refractivity contribution in [1.82, 2.24) is 4.90 Å². The van der Waals surface area contributed by atoms with E-state index in [0.717, 1.165) is 35.8 Å². The number of rotatable bonds is 7. The highest BCUT2D eigenvalue weighted by Gasteiger charge is 2.05. The van der Waals surface area contributed by atoms with Gasteiger partial charge in [0, 0.05) is 24.7 Å². The summed E-state index contributed by atoms with van der Waals surface area (Å²) in [6.07, 6.45) is 0.283. The number of hydrogen-bond donors (Lipinski definition) is 1. The van der Waals surface area contributed by atoms with Crippen molar-refractivity contribution in [3.8, 4) is 0 Å². The van der Waals surface area contributed by atoms with Crippen molar-refractivity contribution in [1.29, 1.82) is 0 Å². The van der Waals surface area contributed by atoms with Crippen LogP contribution >= 0.6 is 11.6 Å². The number of nitrogens with two attached hydrogens (primary N) is 1. The Morgan fingerprint density at radius 1 is 1.39 bits per heavy atom. The Bertz CT molecular complexity index is 369. The van der Waals surface area contributed by atoms with Gasteiger partial charge in [-0.25, -0.2) is 0 Å². The van der Waals surface area contributed by atoms with Crippen molar-refractivity contribution in [2.75, 3.05) is 20.2 Å². The molecule has 0 heterocycles. The summed E-state index contributed by atoms with van der Waals surface area (Å²) in [6, 6.07) is 6.01. The van der Waals surface area contributed by atoms with Crippen LogP contribution in [0.25, 0.3) is 0 Å². The largest absolute Gasteiger partial charge is 0.377 e. The molecule has 102 valence electrons. The van der Waals surface area contributed by atoms with Gasteiger partial charge in [0.2, 0.25) is 0 Å². The van der Waals surface area contributed by atoms with Crippen LogP contribution in [0.2, 0.25) is 5.02 Å². The summed E-state index contributed by atoms with van der Waals surface area (Å²) < 4.78 is 5.53. The molecule has 1 aromatic carbocycles. The van der Waals surface area contributed by atoms with Crippen LogP contribution in [-0.4, -0.2) is 31.2 Å². The highest BCUT2D eigenvalue weighted by Crippen LogP contribution is 2.19. The van der Waals surface area contributed by atoms with E-state index in [2.05, 4.69) is 11.9 Å². The molecule has 0 spiro atoms. The molecule has 0 amide bonds. The van der Waals surface area contributed by atoms with E-state index in [-0.39, 0.29) is 6.10 Å². The number of hydrogen-bond acceptors (Lipinski definition) is 3. The molecule has 0 aliphatic carbocycles. The normalized spacial score (nSPS) is 11.5. The fourth-order valence-corrected chi connectivity index (χ4v) is 1.92. The van der Waals surface area contributed by atoms with E-state index in [1.54, 1.807) is 0 Å². The third-order valence-electron chi connectivity index (χ3n) is 2.72. The van der Waals surface area contributed by atoms with Crippen molar-refractivity contribution in [2.45, 2.75) is 33.0 Å². The molecule has 0 saturated carbocycles. The molecule has 0 aromatic heterocycles. The number of nitrogens with zero attached hydrogens (tertiary/aromatic N) is 1. The van der Waals surface area contributed by atoms with Crippen LogP contribution in [0, 0.1) is 0 Å². The summed E-state index contributed by atoms with van der Waals surface area (Å²) in [5, 5.41) is 0.787. The lowest BCUT2D eigenvalue weighted by Gasteiger charge is -2.18. The molecule has 0 saturated heterocycles. The van der Waals surface area contributed by atoms with Crippen molar-refractivity contribution in [3.05, 3.63) is 34.3 Å². The molecule has 4 heteroatoms. The molecule has 0 radical (unpaired) electrons. The van der Waals surface area contributed by atoms with Gasteiger partial charge in [-0.05, 0) is 38.1 Å². The van der Waals surface area contributed by atoms with Gasteiger partial charge in [-0.3, -0.25) is 4.90 Å². The lowest BCUT2D eigenvalue weighted by Crippen LogP contribution is -2.24. The zero-order valence-corrected chi connectivity index (χ0v) is 12.2. The Morgan fingerprint density at radius 2 is 2.11 bits per heavy atom. The minimum atomic E-state index is 0.283. The Balaban J connectivity index is 2.46. The number of ether oxygens (including phenoxy) is 1. The lowest BCUT2D eigenvalue weighted by molar-refractivity contribution is 0.0627. The van der Waals surface area contributed by atoms with E-state index in [1.165, 1.54) is 0 Å². The molecule has 18 heavy (non-hydrogen) atoms. The van der Waals surface area contributed by atoms with Gasteiger partial charge in [0.05, 0.1) is 12.7 Å². The Hall–Kier alpha value is -0.610. The maximum atomic E-state index is 6.22. The molecule has 0 aliphatic rings. The summed E-state index contributed by atoms with van der Waals surface area (Å²) in [5.41, 5.74) is 7.77. The van der Waals surface area contributed by atoms with E-state index in [4.69, 9.17) is 22.1 Å². The molecule has 1 aromatic rings. The molecule has 0 atom stereocenters. The summed E-state index contributed by atoms with van der Waals surface area (Å²) in [6.45, 7) is 7.08. The van der Waals surface area contributed by atoms with E-state index in [0.29, 0.717) is 6.54 Å². The van der Waals surface area contributed by atoms with Crippen LogP contribution in [0.4, 0.5) is 0 Å². The average Bonchev–Trinajstić information content (AvgIpc) is 2.31. The van der Waals surface area contributed by atoms with E-state index in [9.17, 15) is 0 Å². The minimum absolute atomic E-state index is 0.283. The quantitative estimate of drug-likeness (QED) is 0.828. The molecule has 3 nitrogen and oxygen atoms in total. The first-order valence-corrected chi connectivity index (χ1v) is 6.68. The molecule has 0 bridgehead atoms. The first kappa shape index (κ1) is 15.4. The molecular formula is C14H23ClN2O. The number of halogens is 1. The van der Waals surface area contributed by atoms with Gasteiger partial charge in [0.1, 0.15) is 0 Å². The predicted molar refractivity (Wildman–Crippen MR) is 76.8 cm³/mol. The summed E-state index contributed by atoms with van der Waals surface area (Å²) in [4.78, 5) is 2.20. The summed E-state index contributed by atoms with van der Waals surface area (Å²) in [7, 11) is 2.07. The Labute approximate surface area is 115 Å². The number of benzene rings is 1. The van der Waals surface area contributed by atoms with Gasteiger partial charge >= 0.3 is 0 Å². The van der Waals surface area contributed by atoms with Gasteiger partial charge in [-0.1, -0.05) is 23.7 Å². The Kier molecular flexibility index (Phi) is 6.65. The molecular weight excluding hydrogens is 248 g/mol. The lowest BCUT2D eigenvalue weighted by atomic mass is 10.1. The SMILES string of the molecule is CC(C)OCCN(C)Cc1ccc(CN)cc1Cl. The van der Waals surface area contributed by atoms with E-state index >= 15 is 0 Å². The zero-order valence-electron chi connectivity index (χ0n) is 11.4. The van der Waals surface area contributed by atoms with Crippen LogP contribution < -0.4 is 5.73 Å². The van der Waals surface area contributed by atoms with E-state index in [1.807, 2.05) is 32.0 Å². The topological polar surface area (TPSA) is 38.5 Å². The fourth-order valence-electron chi connectivity index (χ4n) is 1.66. The van der Waals surface area contributed by atoms with Gasteiger partial charge in [0.15, 0.2) is 0 Å². The van der Waals surface area contributed by atoms with Crippen molar-refractivity contribution in [3.63, 3.8) is 0 Å². The average molecular weight is 271 g/mol. The second-order valence-electron chi connectivity index (χ2n) is 4.79. The van der Waals surface area contributed by atoms with Crippen LogP contribution in [0.1, 0.15) is 25.0 Å². The zero-order chi connectivity index (χ0) is 13.5. The van der Waals surface area contributed by atoms with Gasteiger partial charge in [0.25, 0.3) is 0 Å². The van der Waals surface area contributed by atoms with Gasteiger partial charge in [-0.15, -0.1) is 0 Å². The van der Waals surface area contributed by atoms with E-state index < -0.39 is 0 Å².